The zero-order valence-corrected chi connectivity index (χ0v) is 14.8. The van der Waals surface area contributed by atoms with Crippen LogP contribution in [0.1, 0.15) is 85.5 Å². The van der Waals surface area contributed by atoms with Crippen molar-refractivity contribution in [3.8, 4) is 0 Å². The predicted molar refractivity (Wildman–Crippen MR) is 90.6 cm³/mol. The Labute approximate surface area is 132 Å². The molecule has 0 N–H and O–H groups in total. The molecule has 0 aromatic carbocycles. The van der Waals surface area contributed by atoms with E-state index in [1.165, 1.54) is 38.5 Å². The van der Waals surface area contributed by atoms with E-state index in [0.29, 0.717) is 19.1 Å². The van der Waals surface area contributed by atoms with Crippen molar-refractivity contribution in [3.63, 3.8) is 0 Å². The summed E-state index contributed by atoms with van der Waals surface area (Å²) < 4.78 is 5.40. The lowest BCUT2D eigenvalue weighted by Gasteiger charge is -2.29. The first-order valence-corrected chi connectivity index (χ1v) is 9.09. The van der Waals surface area contributed by atoms with Crippen molar-refractivity contribution in [2.75, 3.05) is 19.7 Å². The van der Waals surface area contributed by atoms with Crippen molar-refractivity contribution in [1.82, 2.24) is 4.90 Å². The summed E-state index contributed by atoms with van der Waals surface area (Å²) in [6.07, 6.45) is 9.98. The van der Waals surface area contributed by atoms with Crippen LogP contribution in [0.15, 0.2) is 0 Å². The van der Waals surface area contributed by atoms with Gasteiger partial charge in [-0.25, -0.2) is 0 Å². The molecule has 1 unspecified atom stereocenters. The Morgan fingerprint density at radius 3 is 2.10 bits per heavy atom. The standard InChI is InChI=1S/C18H37NO2/c1-5-9-11-13-15-21-18(20)16-17(14-12-10-6-2)19(7-3)8-4/h17H,5-16H2,1-4H3. The van der Waals surface area contributed by atoms with Gasteiger partial charge in [0.05, 0.1) is 13.0 Å². The summed E-state index contributed by atoms with van der Waals surface area (Å²) in [7, 11) is 0. The molecule has 3 heteroatoms. The number of esters is 1. The molecule has 0 aromatic heterocycles. The second-order valence-corrected chi connectivity index (χ2v) is 5.86. The summed E-state index contributed by atoms with van der Waals surface area (Å²) >= 11 is 0. The maximum absolute atomic E-state index is 12.0. The van der Waals surface area contributed by atoms with Crippen molar-refractivity contribution < 1.29 is 9.53 Å². The van der Waals surface area contributed by atoms with Gasteiger partial charge < -0.3 is 9.64 Å². The molecular weight excluding hydrogens is 262 g/mol. The molecule has 0 amide bonds. The molecule has 0 fully saturated rings. The van der Waals surface area contributed by atoms with E-state index in [0.717, 1.165) is 25.9 Å². The summed E-state index contributed by atoms with van der Waals surface area (Å²) in [5.41, 5.74) is 0. The smallest absolute Gasteiger partial charge is 0.307 e. The molecule has 0 aliphatic rings. The number of unbranched alkanes of at least 4 members (excludes halogenated alkanes) is 5. The van der Waals surface area contributed by atoms with Gasteiger partial charge in [-0.05, 0) is 25.9 Å². The molecule has 0 radical (unpaired) electrons. The molecule has 0 rings (SSSR count). The van der Waals surface area contributed by atoms with Crippen molar-refractivity contribution in [1.29, 1.82) is 0 Å². The second-order valence-electron chi connectivity index (χ2n) is 5.86. The van der Waals surface area contributed by atoms with Gasteiger partial charge in [0.2, 0.25) is 0 Å². The van der Waals surface area contributed by atoms with E-state index in [9.17, 15) is 4.79 Å². The van der Waals surface area contributed by atoms with Crippen LogP contribution >= 0.6 is 0 Å². The second kappa shape index (κ2) is 14.4. The predicted octanol–water partition coefficient (Wildman–Crippen LogP) is 4.79. The number of rotatable bonds is 14. The molecule has 0 aromatic rings. The Morgan fingerprint density at radius 2 is 1.52 bits per heavy atom. The first-order chi connectivity index (χ1) is 10.2. The highest BCUT2D eigenvalue weighted by Gasteiger charge is 2.19. The van der Waals surface area contributed by atoms with Crippen LogP contribution in [0.3, 0.4) is 0 Å². The van der Waals surface area contributed by atoms with Crippen molar-refractivity contribution in [2.45, 2.75) is 91.5 Å². The van der Waals surface area contributed by atoms with E-state index in [2.05, 4.69) is 32.6 Å². The van der Waals surface area contributed by atoms with Gasteiger partial charge in [0.15, 0.2) is 0 Å². The summed E-state index contributed by atoms with van der Waals surface area (Å²) in [6, 6.07) is 0.356. The molecule has 0 bridgehead atoms. The van der Waals surface area contributed by atoms with Crippen LogP contribution in [0.5, 0.6) is 0 Å². The largest absolute Gasteiger partial charge is 0.466 e. The van der Waals surface area contributed by atoms with E-state index >= 15 is 0 Å². The zero-order valence-electron chi connectivity index (χ0n) is 14.8. The average Bonchev–Trinajstić information content (AvgIpc) is 2.48. The minimum absolute atomic E-state index is 0.0140. The molecule has 1 atom stereocenters. The minimum atomic E-state index is -0.0140. The van der Waals surface area contributed by atoms with Crippen LogP contribution in [0.4, 0.5) is 0 Å². The number of carbonyl (C=O) groups excluding carboxylic acids is 1. The fourth-order valence-electron chi connectivity index (χ4n) is 2.75. The maximum atomic E-state index is 12.0. The van der Waals surface area contributed by atoms with Gasteiger partial charge in [-0.1, -0.05) is 66.2 Å². The van der Waals surface area contributed by atoms with Gasteiger partial charge in [-0.15, -0.1) is 0 Å². The summed E-state index contributed by atoms with van der Waals surface area (Å²) in [5, 5.41) is 0. The van der Waals surface area contributed by atoms with Crippen molar-refractivity contribution in [3.05, 3.63) is 0 Å². The monoisotopic (exact) mass is 299 g/mol. The summed E-state index contributed by atoms with van der Waals surface area (Å²) in [4.78, 5) is 14.4. The van der Waals surface area contributed by atoms with Gasteiger partial charge in [-0.3, -0.25) is 4.79 Å². The molecule has 0 aliphatic heterocycles. The van der Waals surface area contributed by atoms with E-state index < -0.39 is 0 Å². The third kappa shape index (κ3) is 10.8. The first kappa shape index (κ1) is 20.4. The topological polar surface area (TPSA) is 29.5 Å². The number of hydrogen-bond donors (Lipinski definition) is 0. The normalized spacial score (nSPS) is 12.6. The van der Waals surface area contributed by atoms with Gasteiger partial charge >= 0.3 is 5.97 Å². The summed E-state index contributed by atoms with van der Waals surface area (Å²) in [5.74, 6) is -0.0140. The fraction of sp³-hybridized carbons (Fsp3) is 0.944. The van der Waals surface area contributed by atoms with Gasteiger partial charge in [-0.2, -0.15) is 0 Å². The molecule has 0 saturated carbocycles. The molecule has 3 nitrogen and oxygen atoms in total. The van der Waals surface area contributed by atoms with Crippen molar-refractivity contribution >= 4 is 5.97 Å². The third-order valence-corrected chi connectivity index (χ3v) is 4.13. The highest BCUT2D eigenvalue weighted by Crippen LogP contribution is 2.14. The van der Waals surface area contributed by atoms with E-state index in [1.54, 1.807) is 0 Å². The van der Waals surface area contributed by atoms with E-state index in [1.807, 2.05) is 0 Å². The Bertz CT molecular complexity index is 239. The van der Waals surface area contributed by atoms with Gasteiger partial charge in [0.1, 0.15) is 0 Å². The lowest BCUT2D eigenvalue weighted by atomic mass is 10.0. The fourth-order valence-corrected chi connectivity index (χ4v) is 2.75. The lowest BCUT2D eigenvalue weighted by molar-refractivity contribution is -0.145. The van der Waals surface area contributed by atoms with Crippen LogP contribution in [0.25, 0.3) is 0 Å². The quantitative estimate of drug-likeness (QED) is 0.341. The van der Waals surface area contributed by atoms with E-state index in [-0.39, 0.29) is 5.97 Å². The van der Waals surface area contributed by atoms with Gasteiger partial charge in [0, 0.05) is 6.04 Å². The molecule has 126 valence electrons. The number of hydrogen-bond acceptors (Lipinski definition) is 3. The van der Waals surface area contributed by atoms with Gasteiger partial charge in [0.25, 0.3) is 0 Å². The highest BCUT2D eigenvalue weighted by atomic mass is 16.5. The molecule has 0 saturated heterocycles. The van der Waals surface area contributed by atoms with Crippen LogP contribution in [0, 0.1) is 0 Å². The molecule has 21 heavy (non-hydrogen) atoms. The Kier molecular flexibility index (Phi) is 14.0. The molecule has 0 spiro atoms. The third-order valence-electron chi connectivity index (χ3n) is 4.13. The Balaban J connectivity index is 4.08. The first-order valence-electron chi connectivity index (χ1n) is 9.09. The lowest BCUT2D eigenvalue weighted by Crippen LogP contribution is -2.37. The molecular formula is C18H37NO2. The summed E-state index contributed by atoms with van der Waals surface area (Å²) in [6.45, 7) is 11.4. The van der Waals surface area contributed by atoms with Crippen LogP contribution < -0.4 is 0 Å². The molecule has 0 aliphatic carbocycles. The van der Waals surface area contributed by atoms with Crippen molar-refractivity contribution in [2.24, 2.45) is 0 Å². The zero-order chi connectivity index (χ0) is 15.9. The Morgan fingerprint density at radius 1 is 0.905 bits per heavy atom. The number of ether oxygens (including phenoxy) is 1. The highest BCUT2D eigenvalue weighted by molar-refractivity contribution is 5.70. The van der Waals surface area contributed by atoms with Crippen LogP contribution in [-0.4, -0.2) is 36.6 Å². The average molecular weight is 299 g/mol. The van der Waals surface area contributed by atoms with Crippen LogP contribution in [0.2, 0.25) is 0 Å². The SMILES string of the molecule is CCCCCCOC(=O)CC(CCCCC)N(CC)CC. The number of nitrogens with zero attached hydrogens (tertiary/aromatic N) is 1. The maximum Gasteiger partial charge on any atom is 0.307 e. The Hall–Kier alpha value is -0.570. The minimum Gasteiger partial charge on any atom is -0.466 e. The molecule has 0 heterocycles. The van der Waals surface area contributed by atoms with Crippen LogP contribution in [-0.2, 0) is 9.53 Å². The number of carbonyl (C=O) groups is 1. The van der Waals surface area contributed by atoms with E-state index in [4.69, 9.17) is 4.74 Å².